The quantitative estimate of drug-likeness (QED) is 0.580. The van der Waals surface area contributed by atoms with Crippen molar-refractivity contribution in [2.45, 2.75) is 45.1 Å². The highest BCUT2D eigenvalue weighted by atomic mass is 16.1. The van der Waals surface area contributed by atoms with Crippen LogP contribution in [0.25, 0.3) is 5.57 Å². The zero-order chi connectivity index (χ0) is 20.0. The van der Waals surface area contributed by atoms with Crippen LogP contribution in [0.2, 0.25) is 0 Å². The fourth-order valence-corrected chi connectivity index (χ4v) is 5.50. The van der Waals surface area contributed by atoms with Crippen molar-refractivity contribution in [2.75, 3.05) is 0 Å². The van der Waals surface area contributed by atoms with Crippen molar-refractivity contribution in [1.82, 2.24) is 4.98 Å². The lowest BCUT2D eigenvalue weighted by atomic mass is 9.63. The summed E-state index contributed by atoms with van der Waals surface area (Å²) in [6, 6.07) is 12.3. The Kier molecular flexibility index (Phi) is 4.27. The molecule has 1 heterocycles. The molecule has 0 saturated carbocycles. The van der Waals surface area contributed by atoms with Gasteiger partial charge in [-0.25, -0.2) is 0 Å². The van der Waals surface area contributed by atoms with E-state index in [1.165, 1.54) is 27.8 Å². The molecule has 0 saturated heterocycles. The van der Waals surface area contributed by atoms with Gasteiger partial charge in [-0.3, -0.25) is 9.79 Å². The number of aliphatic imine (C=N–C) groups is 1. The summed E-state index contributed by atoms with van der Waals surface area (Å²) in [6.07, 6.45) is 12.6. The topological polar surface area (TPSA) is 45.2 Å². The molecule has 3 heteroatoms. The summed E-state index contributed by atoms with van der Waals surface area (Å²) < 4.78 is 0. The fourth-order valence-electron chi connectivity index (χ4n) is 5.50. The van der Waals surface area contributed by atoms with Gasteiger partial charge >= 0.3 is 0 Å². The molecule has 5 rings (SSSR count). The van der Waals surface area contributed by atoms with E-state index in [0.29, 0.717) is 5.92 Å². The van der Waals surface area contributed by atoms with E-state index in [9.17, 15) is 4.79 Å². The molecule has 2 bridgehead atoms. The molecule has 3 nitrogen and oxygen atoms in total. The average Bonchev–Trinajstić information content (AvgIpc) is 3.10. The van der Waals surface area contributed by atoms with Crippen molar-refractivity contribution in [2.24, 2.45) is 10.9 Å². The normalized spacial score (nSPS) is 26.3. The lowest BCUT2D eigenvalue weighted by Crippen LogP contribution is -2.40. The molecular formula is C26H26N2O. The third-order valence-electron chi connectivity index (χ3n) is 6.63. The lowest BCUT2D eigenvalue weighted by molar-refractivity contribution is 0.413. The van der Waals surface area contributed by atoms with Gasteiger partial charge < -0.3 is 4.98 Å². The molecule has 29 heavy (non-hydrogen) atoms. The van der Waals surface area contributed by atoms with Crippen LogP contribution in [0.5, 0.6) is 0 Å². The standard InChI is InChI=1S/C26H26N2O/c1-3-22-20-14-17(2)16-26(22,23-10-11-25(29)28-24(23)15-20)27-13-12-19-9-8-18-6-4-5-7-21(18)19/h3-7,9-11,13-14,20H,8,12,15-16H2,1-2H3,(H,28,29). The Hall–Kier alpha value is -2.94. The Bertz CT molecular complexity index is 1160. The number of nitrogens with one attached hydrogen (secondary N) is 1. The van der Waals surface area contributed by atoms with E-state index < -0.39 is 5.54 Å². The van der Waals surface area contributed by atoms with Crippen LogP contribution >= 0.6 is 0 Å². The number of pyridine rings is 1. The van der Waals surface area contributed by atoms with Gasteiger partial charge in [0.05, 0.1) is 0 Å². The minimum Gasteiger partial charge on any atom is -0.326 e. The number of rotatable bonds is 3. The number of fused-ring (bicyclic) bond motifs is 5. The van der Waals surface area contributed by atoms with Crippen LogP contribution in [-0.2, 0) is 18.4 Å². The van der Waals surface area contributed by atoms with Gasteiger partial charge in [0, 0.05) is 42.3 Å². The van der Waals surface area contributed by atoms with Gasteiger partial charge in [-0.15, -0.1) is 0 Å². The van der Waals surface area contributed by atoms with Crippen molar-refractivity contribution in [3.63, 3.8) is 0 Å². The fraction of sp³-hybridized carbons (Fsp3) is 0.308. The Morgan fingerprint density at radius 2 is 2.10 bits per heavy atom. The number of hydrogen-bond acceptors (Lipinski definition) is 2. The van der Waals surface area contributed by atoms with E-state index >= 15 is 0 Å². The van der Waals surface area contributed by atoms with Gasteiger partial charge in [-0.1, -0.05) is 48.1 Å². The summed E-state index contributed by atoms with van der Waals surface area (Å²) in [6.45, 7) is 4.32. The molecular weight excluding hydrogens is 356 g/mol. The van der Waals surface area contributed by atoms with Gasteiger partial charge in [-0.2, -0.15) is 0 Å². The predicted molar refractivity (Wildman–Crippen MR) is 119 cm³/mol. The van der Waals surface area contributed by atoms with Crippen LogP contribution in [0.1, 0.15) is 49.1 Å². The molecule has 0 fully saturated rings. The first-order valence-corrected chi connectivity index (χ1v) is 10.5. The predicted octanol–water partition coefficient (Wildman–Crippen LogP) is 5.14. The molecule has 1 aromatic heterocycles. The van der Waals surface area contributed by atoms with Crippen LogP contribution in [-0.4, -0.2) is 11.2 Å². The van der Waals surface area contributed by atoms with Crippen molar-refractivity contribution in [3.05, 3.63) is 98.5 Å². The monoisotopic (exact) mass is 382 g/mol. The summed E-state index contributed by atoms with van der Waals surface area (Å²) in [4.78, 5) is 20.3. The zero-order valence-corrected chi connectivity index (χ0v) is 17.0. The number of nitrogens with zero attached hydrogens (tertiary/aromatic N) is 1. The van der Waals surface area contributed by atoms with Crippen LogP contribution in [0.15, 0.2) is 75.6 Å². The minimum absolute atomic E-state index is 0.0294. The van der Waals surface area contributed by atoms with Gasteiger partial charge in [0.2, 0.25) is 5.56 Å². The van der Waals surface area contributed by atoms with Crippen LogP contribution in [0.3, 0.4) is 0 Å². The van der Waals surface area contributed by atoms with Crippen molar-refractivity contribution < 1.29 is 0 Å². The largest absolute Gasteiger partial charge is 0.326 e. The number of H-pyrrole nitrogens is 1. The molecule has 1 aromatic carbocycles. The van der Waals surface area contributed by atoms with E-state index in [1.54, 1.807) is 6.07 Å². The minimum atomic E-state index is -0.394. The summed E-state index contributed by atoms with van der Waals surface area (Å²) in [5.41, 5.74) is 8.63. The summed E-state index contributed by atoms with van der Waals surface area (Å²) in [5.74, 6) is 0.308. The maximum absolute atomic E-state index is 12.0. The van der Waals surface area contributed by atoms with E-state index in [1.807, 2.05) is 6.07 Å². The van der Waals surface area contributed by atoms with Crippen molar-refractivity contribution in [3.8, 4) is 0 Å². The number of benzene rings is 1. The van der Waals surface area contributed by atoms with E-state index in [2.05, 4.69) is 67.5 Å². The highest BCUT2D eigenvalue weighted by Gasteiger charge is 2.46. The van der Waals surface area contributed by atoms with Crippen LogP contribution in [0, 0.1) is 5.92 Å². The van der Waals surface area contributed by atoms with Crippen molar-refractivity contribution in [1.29, 1.82) is 0 Å². The zero-order valence-electron chi connectivity index (χ0n) is 17.0. The molecule has 0 amide bonds. The molecule has 3 aliphatic rings. The van der Waals surface area contributed by atoms with E-state index in [4.69, 9.17) is 4.99 Å². The highest BCUT2D eigenvalue weighted by Crippen LogP contribution is 2.51. The molecule has 2 unspecified atom stereocenters. The van der Waals surface area contributed by atoms with Gasteiger partial charge in [0.15, 0.2) is 0 Å². The van der Waals surface area contributed by atoms with Crippen LogP contribution in [0.4, 0.5) is 0 Å². The first-order valence-electron chi connectivity index (χ1n) is 10.5. The Labute approximate surface area is 171 Å². The molecule has 3 aliphatic carbocycles. The molecule has 1 N–H and O–H groups in total. The third-order valence-corrected chi connectivity index (χ3v) is 6.63. The number of hydrogen-bond donors (Lipinski definition) is 1. The van der Waals surface area contributed by atoms with Gasteiger partial charge in [-0.05, 0) is 55.0 Å². The van der Waals surface area contributed by atoms with Gasteiger partial charge in [0.25, 0.3) is 0 Å². The average molecular weight is 383 g/mol. The lowest BCUT2D eigenvalue weighted by Gasteiger charge is -2.45. The first-order chi connectivity index (χ1) is 14.1. The molecule has 0 radical (unpaired) electrons. The first kappa shape index (κ1) is 18.1. The maximum Gasteiger partial charge on any atom is 0.248 e. The van der Waals surface area contributed by atoms with Gasteiger partial charge in [0.1, 0.15) is 5.54 Å². The third kappa shape index (κ3) is 2.88. The highest BCUT2D eigenvalue weighted by molar-refractivity contribution is 5.83. The second-order valence-electron chi connectivity index (χ2n) is 8.43. The van der Waals surface area contributed by atoms with Crippen molar-refractivity contribution >= 4 is 11.8 Å². The Morgan fingerprint density at radius 1 is 1.24 bits per heavy atom. The molecule has 0 aliphatic heterocycles. The second kappa shape index (κ2) is 6.84. The van der Waals surface area contributed by atoms with E-state index in [-0.39, 0.29) is 5.56 Å². The molecule has 0 spiro atoms. The number of aromatic nitrogens is 1. The summed E-state index contributed by atoms with van der Waals surface area (Å²) in [7, 11) is 0. The Balaban J connectivity index is 1.55. The van der Waals surface area contributed by atoms with Crippen LogP contribution < -0.4 is 5.56 Å². The number of allylic oxidation sites excluding steroid dienone is 4. The summed E-state index contributed by atoms with van der Waals surface area (Å²) in [5, 5.41) is 0. The molecule has 2 aromatic rings. The second-order valence-corrected chi connectivity index (χ2v) is 8.43. The maximum atomic E-state index is 12.0. The van der Waals surface area contributed by atoms with E-state index in [0.717, 1.165) is 36.9 Å². The summed E-state index contributed by atoms with van der Waals surface area (Å²) >= 11 is 0. The SMILES string of the molecule is CC=C1C2C=C(C)CC1(N=CCC1=CCc3ccccc31)c1ccc(=O)[nH]c1C2. The Morgan fingerprint density at radius 3 is 2.97 bits per heavy atom. The molecule has 146 valence electrons. The number of aromatic amines is 1. The smallest absolute Gasteiger partial charge is 0.248 e. The molecule has 2 atom stereocenters.